The third-order valence-electron chi connectivity index (χ3n) is 3.44. The zero-order valence-electron chi connectivity index (χ0n) is 11.1. The molecular weight excluding hydrogens is 248 g/mol. The van der Waals surface area contributed by atoms with Crippen molar-refractivity contribution in [2.45, 2.75) is 13.0 Å². The van der Waals surface area contributed by atoms with Crippen molar-refractivity contribution in [1.82, 2.24) is 5.32 Å². The van der Waals surface area contributed by atoms with E-state index in [1.54, 1.807) is 7.11 Å². The van der Waals surface area contributed by atoms with Crippen LogP contribution in [0.1, 0.15) is 12.0 Å². The summed E-state index contributed by atoms with van der Waals surface area (Å²) in [5.74, 6) is 0.636. The molecule has 1 unspecified atom stereocenters. The zero-order valence-corrected chi connectivity index (χ0v) is 11.8. The number of ether oxygens (including phenoxy) is 1. The molecule has 0 radical (unpaired) electrons. The average molecular weight is 269 g/mol. The van der Waals surface area contributed by atoms with E-state index in [0.29, 0.717) is 5.92 Å². The van der Waals surface area contributed by atoms with Gasteiger partial charge in [0.15, 0.2) is 0 Å². The molecule has 2 rings (SSSR count). The highest BCUT2D eigenvalue weighted by atomic mass is 35.5. The van der Waals surface area contributed by atoms with Crippen molar-refractivity contribution in [3.05, 3.63) is 28.8 Å². The summed E-state index contributed by atoms with van der Waals surface area (Å²) < 4.78 is 5.25. The van der Waals surface area contributed by atoms with E-state index in [-0.39, 0.29) is 0 Å². The standard InChI is InChI=1S/C14H21ClN2O/c1-16-8-12-3-4-13(15)7-14(12)17-6-5-11(9-17)10-18-2/h3-4,7,11,16H,5-6,8-10H2,1-2H3. The van der Waals surface area contributed by atoms with E-state index < -0.39 is 0 Å². The van der Waals surface area contributed by atoms with Gasteiger partial charge in [-0.15, -0.1) is 0 Å². The van der Waals surface area contributed by atoms with Crippen molar-refractivity contribution in [3.8, 4) is 0 Å². The SMILES string of the molecule is CNCc1ccc(Cl)cc1N1CCC(COC)C1. The van der Waals surface area contributed by atoms with Gasteiger partial charge in [-0.05, 0) is 31.2 Å². The van der Waals surface area contributed by atoms with E-state index in [1.807, 2.05) is 13.1 Å². The molecular formula is C14H21ClN2O. The van der Waals surface area contributed by atoms with Crippen molar-refractivity contribution < 1.29 is 4.74 Å². The van der Waals surface area contributed by atoms with Gasteiger partial charge in [-0.2, -0.15) is 0 Å². The molecule has 0 spiro atoms. The summed E-state index contributed by atoms with van der Waals surface area (Å²) >= 11 is 6.12. The second-order valence-corrected chi connectivity index (χ2v) is 5.30. The Bertz CT molecular complexity index is 397. The van der Waals surface area contributed by atoms with Gasteiger partial charge in [0.2, 0.25) is 0 Å². The molecule has 18 heavy (non-hydrogen) atoms. The van der Waals surface area contributed by atoms with Crippen molar-refractivity contribution in [1.29, 1.82) is 0 Å². The third-order valence-corrected chi connectivity index (χ3v) is 3.68. The van der Waals surface area contributed by atoms with Gasteiger partial charge in [0.05, 0.1) is 6.61 Å². The molecule has 0 bridgehead atoms. The molecule has 1 atom stereocenters. The van der Waals surface area contributed by atoms with Crippen LogP contribution in [0.5, 0.6) is 0 Å². The third kappa shape index (κ3) is 3.16. The maximum Gasteiger partial charge on any atom is 0.0508 e. The molecule has 3 nitrogen and oxygen atoms in total. The molecule has 1 N–H and O–H groups in total. The quantitative estimate of drug-likeness (QED) is 0.888. The van der Waals surface area contributed by atoms with Gasteiger partial charge >= 0.3 is 0 Å². The first-order valence-electron chi connectivity index (χ1n) is 6.41. The monoisotopic (exact) mass is 268 g/mol. The van der Waals surface area contributed by atoms with Gasteiger partial charge in [0.25, 0.3) is 0 Å². The topological polar surface area (TPSA) is 24.5 Å². The molecule has 0 amide bonds. The molecule has 1 saturated heterocycles. The summed E-state index contributed by atoms with van der Waals surface area (Å²) in [6.07, 6.45) is 1.19. The molecule has 1 aromatic rings. The molecule has 4 heteroatoms. The average Bonchev–Trinajstić information content (AvgIpc) is 2.81. The van der Waals surface area contributed by atoms with Gasteiger partial charge in [0, 0.05) is 43.4 Å². The van der Waals surface area contributed by atoms with Crippen LogP contribution in [0.4, 0.5) is 5.69 Å². The first-order valence-corrected chi connectivity index (χ1v) is 6.79. The summed E-state index contributed by atoms with van der Waals surface area (Å²) in [6.45, 7) is 3.87. The van der Waals surface area contributed by atoms with Crippen LogP contribution in [0.3, 0.4) is 0 Å². The van der Waals surface area contributed by atoms with E-state index in [2.05, 4.69) is 22.3 Å². The summed E-state index contributed by atoms with van der Waals surface area (Å²) in [5.41, 5.74) is 2.57. The van der Waals surface area contributed by atoms with Gasteiger partial charge in [0.1, 0.15) is 0 Å². The van der Waals surface area contributed by atoms with Gasteiger partial charge in [-0.3, -0.25) is 0 Å². The Morgan fingerprint density at radius 1 is 1.50 bits per heavy atom. The second kappa shape index (κ2) is 6.41. The van der Waals surface area contributed by atoms with Crippen LogP contribution in [0.15, 0.2) is 18.2 Å². The second-order valence-electron chi connectivity index (χ2n) is 4.86. The highest BCUT2D eigenvalue weighted by molar-refractivity contribution is 6.30. The number of nitrogens with zero attached hydrogens (tertiary/aromatic N) is 1. The minimum atomic E-state index is 0.636. The number of rotatable bonds is 5. The number of nitrogens with one attached hydrogen (secondary N) is 1. The number of halogens is 1. The van der Waals surface area contributed by atoms with Crippen molar-refractivity contribution in [3.63, 3.8) is 0 Å². The fourth-order valence-electron chi connectivity index (χ4n) is 2.59. The Kier molecular flexibility index (Phi) is 4.87. The molecule has 0 aliphatic carbocycles. The molecule has 100 valence electrons. The predicted octanol–water partition coefficient (Wildman–Crippen LogP) is 2.53. The number of benzene rings is 1. The van der Waals surface area contributed by atoms with Crippen molar-refractivity contribution >= 4 is 17.3 Å². The maximum absolute atomic E-state index is 6.12. The Labute approximate surface area is 114 Å². The molecule has 1 aliphatic heterocycles. The van der Waals surface area contributed by atoms with Gasteiger partial charge in [-0.1, -0.05) is 17.7 Å². The molecule has 1 fully saturated rings. The summed E-state index contributed by atoms with van der Waals surface area (Å²) in [4.78, 5) is 2.42. The predicted molar refractivity (Wildman–Crippen MR) is 76.4 cm³/mol. The molecule has 0 saturated carbocycles. The van der Waals surface area contributed by atoms with E-state index in [1.165, 1.54) is 17.7 Å². The van der Waals surface area contributed by atoms with Crippen LogP contribution in [-0.4, -0.2) is 33.9 Å². The van der Waals surface area contributed by atoms with E-state index in [4.69, 9.17) is 16.3 Å². The lowest BCUT2D eigenvalue weighted by Gasteiger charge is -2.22. The Morgan fingerprint density at radius 2 is 2.33 bits per heavy atom. The van der Waals surface area contributed by atoms with Crippen molar-refractivity contribution in [2.75, 3.05) is 38.8 Å². The first-order chi connectivity index (χ1) is 8.74. The largest absolute Gasteiger partial charge is 0.384 e. The highest BCUT2D eigenvalue weighted by Crippen LogP contribution is 2.29. The van der Waals surface area contributed by atoms with Crippen LogP contribution in [0.2, 0.25) is 5.02 Å². The zero-order chi connectivity index (χ0) is 13.0. The summed E-state index contributed by atoms with van der Waals surface area (Å²) in [5, 5.41) is 4.01. The number of anilines is 1. The minimum Gasteiger partial charge on any atom is -0.384 e. The van der Waals surface area contributed by atoms with Crippen LogP contribution < -0.4 is 10.2 Å². The fraction of sp³-hybridized carbons (Fsp3) is 0.571. The van der Waals surface area contributed by atoms with E-state index in [9.17, 15) is 0 Å². The van der Waals surface area contributed by atoms with E-state index in [0.717, 1.165) is 31.3 Å². The molecule has 1 aliphatic rings. The molecule has 0 aromatic heterocycles. The lowest BCUT2D eigenvalue weighted by Crippen LogP contribution is -2.23. The van der Waals surface area contributed by atoms with Crippen LogP contribution in [0.25, 0.3) is 0 Å². The number of hydrogen-bond donors (Lipinski definition) is 1. The maximum atomic E-state index is 6.12. The Balaban J connectivity index is 2.14. The Morgan fingerprint density at radius 3 is 3.06 bits per heavy atom. The minimum absolute atomic E-state index is 0.636. The molecule has 1 aromatic carbocycles. The number of methoxy groups -OCH3 is 1. The normalized spacial score (nSPS) is 19.5. The Hall–Kier alpha value is -0.770. The van der Waals surface area contributed by atoms with Gasteiger partial charge in [-0.25, -0.2) is 0 Å². The van der Waals surface area contributed by atoms with Crippen molar-refractivity contribution in [2.24, 2.45) is 5.92 Å². The van der Waals surface area contributed by atoms with Crippen LogP contribution in [0, 0.1) is 5.92 Å². The smallest absolute Gasteiger partial charge is 0.0508 e. The summed E-state index contributed by atoms with van der Waals surface area (Å²) in [7, 11) is 3.74. The first kappa shape index (κ1) is 13.7. The lowest BCUT2D eigenvalue weighted by atomic mass is 10.1. The van der Waals surface area contributed by atoms with Crippen LogP contribution in [-0.2, 0) is 11.3 Å². The molecule has 1 heterocycles. The highest BCUT2D eigenvalue weighted by Gasteiger charge is 2.24. The summed E-state index contributed by atoms with van der Waals surface area (Å²) in [6, 6.07) is 6.14. The fourth-order valence-corrected chi connectivity index (χ4v) is 2.76. The lowest BCUT2D eigenvalue weighted by molar-refractivity contribution is 0.161. The van der Waals surface area contributed by atoms with E-state index >= 15 is 0 Å². The number of hydrogen-bond acceptors (Lipinski definition) is 3. The van der Waals surface area contributed by atoms with Gasteiger partial charge < -0.3 is 15.0 Å². The van der Waals surface area contributed by atoms with Crippen LogP contribution >= 0.6 is 11.6 Å².